The highest BCUT2D eigenvalue weighted by molar-refractivity contribution is 4.97. The van der Waals surface area contributed by atoms with E-state index in [9.17, 15) is 5.11 Å². The van der Waals surface area contributed by atoms with Gasteiger partial charge < -0.3 is 9.84 Å². The SMILES string of the molecule is C=C(CC)CC(O)C1CN(CC)CCO1. The molecule has 1 rings (SSSR count). The summed E-state index contributed by atoms with van der Waals surface area (Å²) in [5, 5.41) is 9.98. The van der Waals surface area contributed by atoms with Crippen molar-refractivity contribution in [2.24, 2.45) is 0 Å². The average Bonchev–Trinajstić information content (AvgIpc) is 2.28. The maximum atomic E-state index is 9.98. The van der Waals surface area contributed by atoms with Gasteiger partial charge in [0.1, 0.15) is 0 Å². The van der Waals surface area contributed by atoms with Crippen LogP contribution in [-0.4, -0.2) is 48.5 Å². The second-order valence-electron chi connectivity index (χ2n) is 4.18. The van der Waals surface area contributed by atoms with Crippen molar-refractivity contribution in [2.75, 3.05) is 26.2 Å². The van der Waals surface area contributed by atoms with Crippen molar-refractivity contribution in [3.63, 3.8) is 0 Å². The number of nitrogens with zero attached hydrogens (tertiary/aromatic N) is 1. The zero-order valence-corrected chi connectivity index (χ0v) is 9.91. The van der Waals surface area contributed by atoms with Gasteiger partial charge in [-0.2, -0.15) is 0 Å². The molecule has 0 bridgehead atoms. The first kappa shape index (κ1) is 12.7. The highest BCUT2D eigenvalue weighted by Crippen LogP contribution is 2.15. The number of aliphatic hydroxyl groups excluding tert-OH is 1. The van der Waals surface area contributed by atoms with E-state index in [0.29, 0.717) is 6.42 Å². The van der Waals surface area contributed by atoms with Crippen LogP contribution < -0.4 is 0 Å². The van der Waals surface area contributed by atoms with Gasteiger partial charge in [0, 0.05) is 13.1 Å². The van der Waals surface area contributed by atoms with Gasteiger partial charge in [-0.3, -0.25) is 4.90 Å². The molecular weight excluding hydrogens is 190 g/mol. The Morgan fingerprint density at radius 2 is 2.33 bits per heavy atom. The Hall–Kier alpha value is -0.380. The van der Waals surface area contributed by atoms with E-state index in [1.54, 1.807) is 0 Å². The molecule has 0 radical (unpaired) electrons. The number of hydrogen-bond donors (Lipinski definition) is 1. The van der Waals surface area contributed by atoms with Crippen LogP contribution in [0.25, 0.3) is 0 Å². The molecule has 3 heteroatoms. The van der Waals surface area contributed by atoms with Crippen molar-refractivity contribution < 1.29 is 9.84 Å². The number of hydrogen-bond acceptors (Lipinski definition) is 3. The Bertz CT molecular complexity index is 206. The van der Waals surface area contributed by atoms with Gasteiger partial charge in [-0.1, -0.05) is 26.0 Å². The normalized spacial score (nSPS) is 25.1. The number of ether oxygens (including phenoxy) is 1. The van der Waals surface area contributed by atoms with Crippen LogP contribution in [0.3, 0.4) is 0 Å². The van der Waals surface area contributed by atoms with Crippen molar-refractivity contribution in [3.8, 4) is 0 Å². The highest BCUT2D eigenvalue weighted by Gasteiger charge is 2.26. The molecule has 0 amide bonds. The van der Waals surface area contributed by atoms with Crippen molar-refractivity contribution >= 4 is 0 Å². The van der Waals surface area contributed by atoms with Gasteiger partial charge in [0.2, 0.25) is 0 Å². The molecule has 1 aliphatic rings. The van der Waals surface area contributed by atoms with Crippen LogP contribution >= 0.6 is 0 Å². The Morgan fingerprint density at radius 3 is 2.93 bits per heavy atom. The molecule has 3 nitrogen and oxygen atoms in total. The number of likely N-dealkylation sites (N-methyl/N-ethyl adjacent to an activating group) is 1. The first-order valence-corrected chi connectivity index (χ1v) is 5.86. The third kappa shape index (κ3) is 3.93. The Labute approximate surface area is 92.7 Å². The van der Waals surface area contributed by atoms with E-state index in [-0.39, 0.29) is 6.10 Å². The van der Waals surface area contributed by atoms with Crippen molar-refractivity contribution in [1.82, 2.24) is 4.90 Å². The fourth-order valence-corrected chi connectivity index (χ4v) is 1.82. The lowest BCUT2D eigenvalue weighted by molar-refractivity contribution is -0.0868. The van der Waals surface area contributed by atoms with Crippen LogP contribution in [-0.2, 0) is 4.74 Å². The molecule has 0 spiro atoms. The number of rotatable bonds is 5. The Kier molecular flexibility index (Phi) is 5.29. The lowest BCUT2D eigenvalue weighted by atomic mass is 10.0. The molecule has 0 aromatic heterocycles. The summed E-state index contributed by atoms with van der Waals surface area (Å²) in [5.41, 5.74) is 1.10. The van der Waals surface area contributed by atoms with Crippen LogP contribution in [0.4, 0.5) is 0 Å². The first-order valence-electron chi connectivity index (χ1n) is 5.86. The third-order valence-corrected chi connectivity index (χ3v) is 3.05. The molecular formula is C12H23NO2. The van der Waals surface area contributed by atoms with Crippen LogP contribution in [0.1, 0.15) is 26.7 Å². The largest absolute Gasteiger partial charge is 0.390 e. The van der Waals surface area contributed by atoms with Crippen LogP contribution in [0.15, 0.2) is 12.2 Å². The van der Waals surface area contributed by atoms with Crippen LogP contribution in [0.5, 0.6) is 0 Å². The van der Waals surface area contributed by atoms with Crippen LogP contribution in [0, 0.1) is 0 Å². The molecule has 0 saturated carbocycles. The van der Waals surface area contributed by atoms with Gasteiger partial charge in [0.05, 0.1) is 18.8 Å². The summed E-state index contributed by atoms with van der Waals surface area (Å²) in [6.45, 7) is 11.7. The molecule has 0 aromatic rings. The maximum absolute atomic E-state index is 9.98. The second-order valence-corrected chi connectivity index (χ2v) is 4.18. The van der Waals surface area contributed by atoms with Crippen molar-refractivity contribution in [2.45, 2.75) is 38.9 Å². The highest BCUT2D eigenvalue weighted by atomic mass is 16.5. The molecule has 1 saturated heterocycles. The van der Waals surface area contributed by atoms with Crippen molar-refractivity contribution in [1.29, 1.82) is 0 Å². The average molecular weight is 213 g/mol. The van der Waals surface area contributed by atoms with E-state index in [4.69, 9.17) is 4.74 Å². The lowest BCUT2D eigenvalue weighted by Crippen LogP contribution is -2.47. The summed E-state index contributed by atoms with van der Waals surface area (Å²) in [6, 6.07) is 0. The zero-order valence-electron chi connectivity index (χ0n) is 9.91. The van der Waals surface area contributed by atoms with Crippen LogP contribution in [0.2, 0.25) is 0 Å². The molecule has 0 aromatic carbocycles. The molecule has 1 fully saturated rings. The minimum absolute atomic E-state index is 0.0398. The summed E-state index contributed by atoms with van der Waals surface area (Å²) in [6.07, 6.45) is 1.16. The fraction of sp³-hybridized carbons (Fsp3) is 0.833. The summed E-state index contributed by atoms with van der Waals surface area (Å²) in [4.78, 5) is 2.31. The summed E-state index contributed by atoms with van der Waals surface area (Å²) < 4.78 is 5.58. The van der Waals surface area contributed by atoms with Gasteiger partial charge >= 0.3 is 0 Å². The smallest absolute Gasteiger partial charge is 0.0964 e. The van der Waals surface area contributed by atoms with Gasteiger partial charge in [-0.15, -0.1) is 0 Å². The molecule has 2 unspecified atom stereocenters. The number of aliphatic hydroxyl groups is 1. The molecule has 1 heterocycles. The molecule has 88 valence electrons. The van der Waals surface area contributed by atoms with Gasteiger partial charge in [0.25, 0.3) is 0 Å². The summed E-state index contributed by atoms with van der Waals surface area (Å²) in [7, 11) is 0. The fourth-order valence-electron chi connectivity index (χ4n) is 1.82. The lowest BCUT2D eigenvalue weighted by Gasteiger charge is -2.34. The summed E-state index contributed by atoms with van der Waals surface area (Å²) >= 11 is 0. The van der Waals surface area contributed by atoms with Gasteiger partial charge in [0.15, 0.2) is 0 Å². The first-order chi connectivity index (χ1) is 7.17. The minimum atomic E-state index is -0.396. The van der Waals surface area contributed by atoms with Gasteiger partial charge in [-0.25, -0.2) is 0 Å². The van der Waals surface area contributed by atoms with Gasteiger partial charge in [-0.05, 0) is 19.4 Å². The molecule has 15 heavy (non-hydrogen) atoms. The third-order valence-electron chi connectivity index (χ3n) is 3.05. The van der Waals surface area contributed by atoms with E-state index in [1.165, 1.54) is 0 Å². The minimum Gasteiger partial charge on any atom is -0.390 e. The van der Waals surface area contributed by atoms with E-state index in [1.807, 2.05) is 0 Å². The quantitative estimate of drug-likeness (QED) is 0.701. The Balaban J connectivity index is 2.37. The van der Waals surface area contributed by atoms with Crippen molar-refractivity contribution in [3.05, 3.63) is 12.2 Å². The number of morpholine rings is 1. The monoisotopic (exact) mass is 213 g/mol. The molecule has 1 aliphatic heterocycles. The predicted molar refractivity (Wildman–Crippen MR) is 61.9 cm³/mol. The second kappa shape index (κ2) is 6.26. The molecule has 1 N–H and O–H groups in total. The molecule has 2 atom stereocenters. The van der Waals surface area contributed by atoms with E-state index < -0.39 is 6.10 Å². The van der Waals surface area contributed by atoms with E-state index in [0.717, 1.165) is 38.2 Å². The standard InChI is InChI=1S/C12H23NO2/c1-4-10(3)8-11(14)12-9-13(5-2)6-7-15-12/h11-12,14H,3-9H2,1-2H3. The maximum Gasteiger partial charge on any atom is 0.0964 e. The van der Waals surface area contributed by atoms with E-state index >= 15 is 0 Å². The zero-order chi connectivity index (χ0) is 11.3. The van der Waals surface area contributed by atoms with E-state index in [2.05, 4.69) is 25.3 Å². The summed E-state index contributed by atoms with van der Waals surface area (Å²) in [5.74, 6) is 0. The molecule has 0 aliphatic carbocycles. The topological polar surface area (TPSA) is 32.7 Å². The Morgan fingerprint density at radius 1 is 1.60 bits per heavy atom. The predicted octanol–water partition coefficient (Wildman–Crippen LogP) is 1.42.